The van der Waals surface area contributed by atoms with Gasteiger partial charge in [0.1, 0.15) is 5.75 Å². The first-order valence-corrected chi connectivity index (χ1v) is 13.5. The molecule has 3 rings (SSSR count). The predicted molar refractivity (Wildman–Crippen MR) is 144 cm³/mol. The highest BCUT2D eigenvalue weighted by molar-refractivity contribution is 5.31. The zero-order chi connectivity index (χ0) is 24.8. The van der Waals surface area contributed by atoms with E-state index < -0.39 is 0 Å². The van der Waals surface area contributed by atoms with Crippen molar-refractivity contribution in [2.24, 2.45) is 16.7 Å². The van der Waals surface area contributed by atoms with Gasteiger partial charge in [-0.3, -0.25) is 0 Å². The van der Waals surface area contributed by atoms with Gasteiger partial charge in [0.2, 0.25) is 6.29 Å². The molecule has 2 aromatic rings. The average Bonchev–Trinajstić information content (AvgIpc) is 2.78. The lowest BCUT2D eigenvalue weighted by molar-refractivity contribution is -0.127. The van der Waals surface area contributed by atoms with Crippen LogP contribution in [-0.2, 0) is 4.74 Å². The number of ether oxygens (including phenoxy) is 2. The molecule has 0 aromatic heterocycles. The summed E-state index contributed by atoms with van der Waals surface area (Å²) in [5.74, 6) is 2.11. The molecule has 0 aliphatic heterocycles. The van der Waals surface area contributed by atoms with Crippen LogP contribution in [0.5, 0.6) is 5.75 Å². The zero-order valence-corrected chi connectivity index (χ0v) is 22.8. The summed E-state index contributed by atoms with van der Waals surface area (Å²) < 4.78 is 13.0. The molecule has 188 valence electrons. The van der Waals surface area contributed by atoms with Crippen LogP contribution >= 0.6 is 0 Å². The monoisotopic (exact) mass is 464 g/mol. The molecule has 0 bridgehead atoms. The first-order valence-electron chi connectivity index (χ1n) is 13.5. The Kier molecular flexibility index (Phi) is 9.27. The molecule has 1 aliphatic rings. The maximum Gasteiger partial charge on any atom is 0.200 e. The molecule has 0 saturated heterocycles. The van der Waals surface area contributed by atoms with Gasteiger partial charge in [-0.15, -0.1) is 0 Å². The van der Waals surface area contributed by atoms with E-state index in [4.69, 9.17) is 9.47 Å². The van der Waals surface area contributed by atoms with Crippen LogP contribution in [0.2, 0.25) is 0 Å². The highest BCUT2D eigenvalue weighted by Crippen LogP contribution is 2.43. The van der Waals surface area contributed by atoms with Crippen LogP contribution in [0.1, 0.15) is 117 Å². The SMILES string of the molecule is CC(OC(CC1CCCCC1)Oc1ccc(C(CC(C)(C)C)C(C)(C)C)cc1)c1ccccc1. The summed E-state index contributed by atoms with van der Waals surface area (Å²) in [5, 5.41) is 0. The maximum absolute atomic E-state index is 6.52. The van der Waals surface area contributed by atoms with Crippen LogP contribution in [0, 0.1) is 16.7 Å². The van der Waals surface area contributed by atoms with E-state index in [1.165, 1.54) is 49.7 Å². The molecule has 0 heterocycles. The smallest absolute Gasteiger partial charge is 0.200 e. The van der Waals surface area contributed by atoms with Gasteiger partial charge < -0.3 is 9.47 Å². The molecule has 2 aromatic carbocycles. The lowest BCUT2D eigenvalue weighted by Crippen LogP contribution is -2.26. The molecule has 0 N–H and O–H groups in total. The molecule has 2 heteroatoms. The Balaban J connectivity index is 1.74. The molecule has 3 atom stereocenters. The van der Waals surface area contributed by atoms with E-state index in [0.29, 0.717) is 17.3 Å². The van der Waals surface area contributed by atoms with Crippen LogP contribution < -0.4 is 4.74 Å². The van der Waals surface area contributed by atoms with E-state index >= 15 is 0 Å². The molecule has 0 amide bonds. The van der Waals surface area contributed by atoms with Crippen LogP contribution in [-0.4, -0.2) is 6.29 Å². The third-order valence-corrected chi connectivity index (χ3v) is 7.29. The van der Waals surface area contributed by atoms with Gasteiger partial charge in [0, 0.05) is 6.42 Å². The normalized spacial score (nSPS) is 18.3. The van der Waals surface area contributed by atoms with Crippen molar-refractivity contribution in [2.75, 3.05) is 0 Å². The van der Waals surface area contributed by atoms with Crippen molar-refractivity contribution < 1.29 is 9.47 Å². The fraction of sp³-hybridized carbons (Fsp3) is 0.625. The van der Waals surface area contributed by atoms with Gasteiger partial charge >= 0.3 is 0 Å². The van der Waals surface area contributed by atoms with Crippen molar-refractivity contribution in [2.45, 2.75) is 112 Å². The van der Waals surface area contributed by atoms with Gasteiger partial charge in [-0.25, -0.2) is 0 Å². The lowest BCUT2D eigenvalue weighted by atomic mass is 9.69. The Morgan fingerprint density at radius 2 is 1.41 bits per heavy atom. The summed E-state index contributed by atoms with van der Waals surface area (Å²) in [6.45, 7) is 16.2. The standard InChI is InChI=1S/C32H48O2/c1-24(26-16-12-9-13-17-26)33-30(22-25-14-10-8-11-15-25)34-28-20-18-27(19-21-28)29(32(5,6)7)23-31(2,3)4/h9,12-13,16-21,24-25,29-30H,8,10-11,14-15,22-23H2,1-7H3. The van der Waals surface area contributed by atoms with Crippen LogP contribution in [0.3, 0.4) is 0 Å². The maximum atomic E-state index is 6.52. The van der Waals surface area contributed by atoms with E-state index in [1.807, 2.05) is 0 Å². The Bertz CT molecular complexity index is 835. The second-order valence-electron chi connectivity index (χ2n) is 12.7. The van der Waals surface area contributed by atoms with Crippen molar-refractivity contribution in [3.8, 4) is 5.75 Å². The van der Waals surface area contributed by atoms with E-state index in [9.17, 15) is 0 Å². The highest BCUT2D eigenvalue weighted by Gasteiger charge is 2.30. The Labute approximate surface area is 209 Å². The number of rotatable bonds is 9. The lowest BCUT2D eigenvalue weighted by Gasteiger charge is -2.36. The summed E-state index contributed by atoms with van der Waals surface area (Å²) in [6.07, 6.45) is 8.54. The van der Waals surface area contributed by atoms with Crippen molar-refractivity contribution >= 4 is 0 Å². The number of hydrogen-bond acceptors (Lipinski definition) is 2. The third kappa shape index (κ3) is 8.45. The highest BCUT2D eigenvalue weighted by atomic mass is 16.7. The third-order valence-electron chi connectivity index (χ3n) is 7.29. The summed E-state index contributed by atoms with van der Waals surface area (Å²) in [5.41, 5.74) is 3.11. The van der Waals surface area contributed by atoms with Crippen molar-refractivity contribution in [1.82, 2.24) is 0 Å². The quantitative estimate of drug-likeness (QED) is 0.344. The molecular formula is C32H48O2. The Hall–Kier alpha value is -1.80. The molecule has 3 unspecified atom stereocenters. The molecule has 0 spiro atoms. The van der Waals surface area contributed by atoms with Crippen molar-refractivity contribution in [3.63, 3.8) is 0 Å². The minimum absolute atomic E-state index is 0.00567. The topological polar surface area (TPSA) is 18.5 Å². The van der Waals surface area contributed by atoms with Gasteiger partial charge in [0.15, 0.2) is 0 Å². The number of hydrogen-bond donors (Lipinski definition) is 0. The zero-order valence-electron chi connectivity index (χ0n) is 22.8. The second-order valence-corrected chi connectivity index (χ2v) is 12.7. The summed E-state index contributed by atoms with van der Waals surface area (Å²) in [4.78, 5) is 0. The van der Waals surface area contributed by atoms with Crippen molar-refractivity contribution in [3.05, 3.63) is 65.7 Å². The summed E-state index contributed by atoms with van der Waals surface area (Å²) in [7, 11) is 0. The van der Waals surface area contributed by atoms with Crippen LogP contribution in [0.25, 0.3) is 0 Å². The van der Waals surface area contributed by atoms with E-state index in [2.05, 4.69) is 103 Å². The van der Waals surface area contributed by atoms with Crippen LogP contribution in [0.15, 0.2) is 54.6 Å². The molecule has 1 aliphatic carbocycles. The van der Waals surface area contributed by atoms with Gasteiger partial charge in [-0.05, 0) is 59.3 Å². The molecule has 0 radical (unpaired) electrons. The molecule has 34 heavy (non-hydrogen) atoms. The van der Waals surface area contributed by atoms with E-state index in [1.54, 1.807) is 0 Å². The van der Waals surface area contributed by atoms with Crippen molar-refractivity contribution in [1.29, 1.82) is 0 Å². The fourth-order valence-electron chi connectivity index (χ4n) is 5.32. The first-order chi connectivity index (χ1) is 16.0. The molecular weight excluding hydrogens is 416 g/mol. The summed E-state index contributed by atoms with van der Waals surface area (Å²) >= 11 is 0. The largest absolute Gasteiger partial charge is 0.465 e. The van der Waals surface area contributed by atoms with Gasteiger partial charge in [0.25, 0.3) is 0 Å². The minimum atomic E-state index is -0.225. The molecule has 1 saturated carbocycles. The van der Waals surface area contributed by atoms with Gasteiger partial charge in [-0.2, -0.15) is 0 Å². The average molecular weight is 465 g/mol. The fourth-order valence-corrected chi connectivity index (χ4v) is 5.32. The summed E-state index contributed by atoms with van der Waals surface area (Å²) in [6, 6.07) is 19.3. The first kappa shape index (κ1) is 26.8. The molecule has 1 fully saturated rings. The van der Waals surface area contributed by atoms with Gasteiger partial charge in [0.05, 0.1) is 6.10 Å². The van der Waals surface area contributed by atoms with E-state index in [-0.39, 0.29) is 17.8 Å². The Morgan fingerprint density at radius 1 is 0.794 bits per heavy atom. The van der Waals surface area contributed by atoms with Gasteiger partial charge in [-0.1, -0.05) is 116 Å². The number of benzene rings is 2. The van der Waals surface area contributed by atoms with Crippen LogP contribution in [0.4, 0.5) is 0 Å². The predicted octanol–water partition coefficient (Wildman–Crippen LogP) is 9.71. The Morgan fingerprint density at radius 3 is 1.97 bits per heavy atom. The molecule has 2 nitrogen and oxygen atoms in total. The minimum Gasteiger partial charge on any atom is -0.465 e. The van der Waals surface area contributed by atoms with E-state index in [0.717, 1.165) is 12.2 Å². The second kappa shape index (κ2) is 11.8.